The Labute approximate surface area is 123 Å². The van der Waals surface area contributed by atoms with E-state index in [1.807, 2.05) is 31.2 Å². The highest BCUT2D eigenvalue weighted by Crippen LogP contribution is 2.37. The zero-order valence-corrected chi connectivity index (χ0v) is 12.9. The van der Waals surface area contributed by atoms with Crippen LogP contribution in [0.1, 0.15) is 44.2 Å². The molecule has 4 heteroatoms. The number of carbonyl (C=O) groups is 1. The lowest BCUT2D eigenvalue weighted by Gasteiger charge is -2.28. The number of nitrogens with two attached hydrogens (primary N) is 1. The number of amides is 1. The van der Waals surface area contributed by atoms with Gasteiger partial charge in [0, 0.05) is 11.0 Å². The summed E-state index contributed by atoms with van der Waals surface area (Å²) < 4.78 is 1.05. The minimum absolute atomic E-state index is 0.0182. The summed E-state index contributed by atoms with van der Waals surface area (Å²) in [6.07, 6.45) is 4.05. The van der Waals surface area contributed by atoms with Crippen molar-refractivity contribution in [3.63, 3.8) is 0 Å². The van der Waals surface area contributed by atoms with Crippen molar-refractivity contribution >= 4 is 21.8 Å². The molecule has 1 fully saturated rings. The van der Waals surface area contributed by atoms with Crippen molar-refractivity contribution in [1.29, 1.82) is 0 Å². The number of hydrogen-bond donors (Lipinski definition) is 2. The number of benzene rings is 1. The molecule has 1 amide bonds. The highest BCUT2D eigenvalue weighted by molar-refractivity contribution is 9.10. The standard InChI is InChI=1S/C15H21BrN2O/c1-11(12-4-6-13(16)7-5-12)18-14(19)15(10-17)8-2-3-9-15/h4-7,11H,2-3,8-10,17H2,1H3,(H,18,19)/t11-/m1/s1. The molecule has 2 rings (SSSR count). The second-order valence-electron chi connectivity index (χ2n) is 5.44. The Balaban J connectivity index is 2.04. The first kappa shape index (κ1) is 14.5. The predicted octanol–water partition coefficient (Wildman–Crippen LogP) is 3.15. The average Bonchev–Trinajstić information content (AvgIpc) is 2.89. The largest absolute Gasteiger partial charge is 0.349 e. The zero-order chi connectivity index (χ0) is 13.9. The molecule has 3 N–H and O–H groups in total. The lowest BCUT2D eigenvalue weighted by Crippen LogP contribution is -2.44. The van der Waals surface area contributed by atoms with Gasteiger partial charge in [0.05, 0.1) is 11.5 Å². The molecule has 1 aliphatic rings. The molecule has 1 aromatic carbocycles. The number of halogens is 1. The fourth-order valence-electron chi connectivity index (χ4n) is 2.76. The van der Waals surface area contributed by atoms with Gasteiger partial charge >= 0.3 is 0 Å². The quantitative estimate of drug-likeness (QED) is 0.893. The third-order valence-corrected chi connectivity index (χ3v) is 4.68. The minimum atomic E-state index is -0.330. The van der Waals surface area contributed by atoms with Crippen LogP contribution in [-0.2, 0) is 4.79 Å². The van der Waals surface area contributed by atoms with Gasteiger partial charge in [-0.25, -0.2) is 0 Å². The summed E-state index contributed by atoms with van der Waals surface area (Å²) in [6, 6.07) is 8.06. The highest BCUT2D eigenvalue weighted by Gasteiger charge is 2.40. The Kier molecular flexibility index (Phi) is 4.63. The van der Waals surface area contributed by atoms with E-state index in [2.05, 4.69) is 21.2 Å². The maximum Gasteiger partial charge on any atom is 0.227 e. The maximum absolute atomic E-state index is 12.4. The van der Waals surface area contributed by atoms with Crippen LogP contribution >= 0.6 is 15.9 Å². The van der Waals surface area contributed by atoms with Gasteiger partial charge in [-0.1, -0.05) is 40.9 Å². The van der Waals surface area contributed by atoms with Gasteiger partial charge in [-0.2, -0.15) is 0 Å². The van der Waals surface area contributed by atoms with Crippen LogP contribution in [0, 0.1) is 5.41 Å². The summed E-state index contributed by atoms with van der Waals surface area (Å²) in [5.74, 6) is 0.114. The summed E-state index contributed by atoms with van der Waals surface area (Å²) in [7, 11) is 0. The number of carbonyl (C=O) groups excluding carboxylic acids is 1. The van der Waals surface area contributed by atoms with Gasteiger partial charge in [-0.3, -0.25) is 4.79 Å². The Bertz CT molecular complexity index is 438. The van der Waals surface area contributed by atoms with Crippen molar-refractivity contribution in [3.05, 3.63) is 34.3 Å². The van der Waals surface area contributed by atoms with Gasteiger partial charge in [0.25, 0.3) is 0 Å². The second-order valence-corrected chi connectivity index (χ2v) is 6.35. The molecule has 104 valence electrons. The van der Waals surface area contributed by atoms with Crippen LogP contribution in [0.2, 0.25) is 0 Å². The minimum Gasteiger partial charge on any atom is -0.349 e. The molecule has 0 unspecified atom stereocenters. The van der Waals surface area contributed by atoms with Crippen LogP contribution in [0.3, 0.4) is 0 Å². The molecular formula is C15H21BrN2O. The third-order valence-electron chi connectivity index (χ3n) is 4.15. The Hall–Kier alpha value is -0.870. The molecule has 0 aromatic heterocycles. The fourth-order valence-corrected chi connectivity index (χ4v) is 3.02. The summed E-state index contributed by atoms with van der Waals surface area (Å²) in [5.41, 5.74) is 6.62. The molecule has 0 spiro atoms. The first-order valence-corrected chi connectivity index (χ1v) is 7.63. The molecule has 1 atom stereocenters. The van der Waals surface area contributed by atoms with Crippen molar-refractivity contribution in [2.75, 3.05) is 6.54 Å². The average molecular weight is 325 g/mol. The lowest BCUT2D eigenvalue weighted by molar-refractivity contribution is -0.131. The van der Waals surface area contributed by atoms with Crippen LogP contribution in [0.4, 0.5) is 0 Å². The monoisotopic (exact) mass is 324 g/mol. The van der Waals surface area contributed by atoms with E-state index >= 15 is 0 Å². The Morgan fingerprint density at radius 1 is 1.37 bits per heavy atom. The zero-order valence-electron chi connectivity index (χ0n) is 11.3. The van der Waals surface area contributed by atoms with Crippen LogP contribution in [-0.4, -0.2) is 12.5 Å². The molecule has 1 aromatic rings. The van der Waals surface area contributed by atoms with Gasteiger partial charge in [0.15, 0.2) is 0 Å². The third kappa shape index (κ3) is 3.18. The highest BCUT2D eigenvalue weighted by atomic mass is 79.9. The Morgan fingerprint density at radius 2 is 1.95 bits per heavy atom. The molecule has 0 heterocycles. The Morgan fingerprint density at radius 3 is 2.47 bits per heavy atom. The normalized spacial score (nSPS) is 19.1. The number of rotatable bonds is 4. The first-order chi connectivity index (χ1) is 9.07. The van der Waals surface area contributed by atoms with Gasteiger partial charge < -0.3 is 11.1 Å². The molecular weight excluding hydrogens is 304 g/mol. The second kappa shape index (κ2) is 6.06. The van der Waals surface area contributed by atoms with Gasteiger partial charge in [0.1, 0.15) is 0 Å². The van der Waals surface area contributed by atoms with E-state index in [1.54, 1.807) is 0 Å². The van der Waals surface area contributed by atoms with E-state index in [1.165, 1.54) is 0 Å². The van der Waals surface area contributed by atoms with Crippen LogP contribution < -0.4 is 11.1 Å². The van der Waals surface area contributed by atoms with E-state index < -0.39 is 0 Å². The lowest BCUT2D eigenvalue weighted by atomic mass is 9.85. The smallest absolute Gasteiger partial charge is 0.227 e. The predicted molar refractivity (Wildman–Crippen MR) is 80.7 cm³/mol. The van der Waals surface area contributed by atoms with E-state index in [4.69, 9.17) is 5.73 Å². The molecule has 0 bridgehead atoms. The van der Waals surface area contributed by atoms with E-state index in [-0.39, 0.29) is 17.4 Å². The molecule has 0 aliphatic heterocycles. The van der Waals surface area contributed by atoms with E-state index in [0.717, 1.165) is 35.7 Å². The van der Waals surface area contributed by atoms with Crippen molar-refractivity contribution in [2.45, 2.75) is 38.6 Å². The van der Waals surface area contributed by atoms with Crippen LogP contribution in [0.25, 0.3) is 0 Å². The van der Waals surface area contributed by atoms with Gasteiger partial charge in [-0.15, -0.1) is 0 Å². The van der Waals surface area contributed by atoms with E-state index in [9.17, 15) is 4.79 Å². The van der Waals surface area contributed by atoms with Crippen LogP contribution in [0.15, 0.2) is 28.7 Å². The summed E-state index contributed by atoms with van der Waals surface area (Å²) in [5, 5.41) is 3.12. The van der Waals surface area contributed by atoms with Crippen LogP contribution in [0.5, 0.6) is 0 Å². The maximum atomic E-state index is 12.4. The fraction of sp³-hybridized carbons (Fsp3) is 0.533. The molecule has 1 saturated carbocycles. The molecule has 0 radical (unpaired) electrons. The molecule has 0 saturated heterocycles. The van der Waals surface area contributed by atoms with Crippen molar-refractivity contribution in [2.24, 2.45) is 11.1 Å². The molecule has 1 aliphatic carbocycles. The van der Waals surface area contributed by atoms with Crippen molar-refractivity contribution < 1.29 is 4.79 Å². The van der Waals surface area contributed by atoms with Crippen molar-refractivity contribution in [3.8, 4) is 0 Å². The van der Waals surface area contributed by atoms with Crippen molar-refractivity contribution in [1.82, 2.24) is 5.32 Å². The summed E-state index contributed by atoms with van der Waals surface area (Å²) in [4.78, 5) is 12.4. The first-order valence-electron chi connectivity index (χ1n) is 6.84. The van der Waals surface area contributed by atoms with Gasteiger partial charge in [-0.05, 0) is 37.5 Å². The topological polar surface area (TPSA) is 55.1 Å². The van der Waals surface area contributed by atoms with Gasteiger partial charge in [0.2, 0.25) is 5.91 Å². The van der Waals surface area contributed by atoms with E-state index in [0.29, 0.717) is 6.54 Å². The summed E-state index contributed by atoms with van der Waals surface area (Å²) in [6.45, 7) is 2.46. The number of hydrogen-bond acceptors (Lipinski definition) is 2. The SMILES string of the molecule is C[C@@H](NC(=O)C1(CN)CCCC1)c1ccc(Br)cc1. The number of nitrogens with one attached hydrogen (secondary N) is 1. The molecule has 3 nitrogen and oxygen atoms in total. The molecule has 19 heavy (non-hydrogen) atoms. The summed E-state index contributed by atoms with van der Waals surface area (Å²) >= 11 is 3.42.